The van der Waals surface area contributed by atoms with Crippen molar-refractivity contribution in [2.75, 3.05) is 19.5 Å². The van der Waals surface area contributed by atoms with Crippen LogP contribution in [0.1, 0.15) is 27.5 Å². The van der Waals surface area contributed by atoms with Crippen LogP contribution in [0.15, 0.2) is 91.0 Å². The second-order valence-corrected chi connectivity index (χ2v) is 8.97. The minimum Gasteiger partial charge on any atom is -0.467 e. The van der Waals surface area contributed by atoms with Gasteiger partial charge in [0.25, 0.3) is 11.8 Å². The van der Waals surface area contributed by atoms with E-state index >= 15 is 0 Å². The summed E-state index contributed by atoms with van der Waals surface area (Å²) < 4.78 is 10.0. The third-order valence-corrected chi connectivity index (χ3v) is 6.35. The number of hydrogen-bond acceptors (Lipinski definition) is 7. The maximum atomic E-state index is 12.9. The smallest absolute Gasteiger partial charge is 0.333 e. The molecule has 0 radical (unpaired) electrons. The van der Waals surface area contributed by atoms with Crippen LogP contribution in [0.4, 0.5) is 0 Å². The molecular weight excluding hydrogens is 492 g/mol. The molecule has 0 saturated carbocycles. The zero-order chi connectivity index (χ0) is 26.5. The van der Waals surface area contributed by atoms with E-state index in [1.54, 1.807) is 60.7 Å². The number of hydrogen-bond donors (Lipinski definition) is 2. The Balaban J connectivity index is 1.58. The van der Waals surface area contributed by atoms with Gasteiger partial charge < -0.3 is 20.1 Å². The number of esters is 2. The van der Waals surface area contributed by atoms with Crippen LogP contribution in [0, 0.1) is 0 Å². The topological polar surface area (TPSA) is 111 Å². The SMILES string of the molecule is COC(=O)[C@@H](CSCc1ccccc1)NC(=O)COC(=O)[C@@H](NC(=O)c1ccccc1)c1ccccc1. The summed E-state index contributed by atoms with van der Waals surface area (Å²) in [6, 6.07) is 24.7. The fraction of sp³-hybridized carbons (Fsp3) is 0.214. The first-order valence-electron chi connectivity index (χ1n) is 11.5. The molecule has 2 atom stereocenters. The fourth-order valence-corrected chi connectivity index (χ4v) is 4.36. The molecule has 0 aliphatic rings. The van der Waals surface area contributed by atoms with E-state index in [1.807, 2.05) is 30.3 Å². The lowest BCUT2D eigenvalue weighted by Crippen LogP contribution is -2.45. The van der Waals surface area contributed by atoms with Crippen molar-refractivity contribution in [3.8, 4) is 0 Å². The van der Waals surface area contributed by atoms with E-state index in [9.17, 15) is 19.2 Å². The number of thioether (sulfide) groups is 1. The van der Waals surface area contributed by atoms with Gasteiger partial charge in [0.15, 0.2) is 12.6 Å². The van der Waals surface area contributed by atoms with Gasteiger partial charge in [0.05, 0.1) is 7.11 Å². The molecule has 8 nitrogen and oxygen atoms in total. The fourth-order valence-electron chi connectivity index (χ4n) is 3.36. The van der Waals surface area contributed by atoms with Gasteiger partial charge in [0, 0.05) is 17.1 Å². The van der Waals surface area contributed by atoms with E-state index in [1.165, 1.54) is 18.9 Å². The summed E-state index contributed by atoms with van der Waals surface area (Å²) in [5.74, 6) is -1.60. The van der Waals surface area contributed by atoms with Crippen LogP contribution in [-0.4, -0.2) is 49.3 Å². The van der Waals surface area contributed by atoms with Crippen molar-refractivity contribution in [3.05, 3.63) is 108 Å². The number of carbonyl (C=O) groups excluding carboxylic acids is 4. The van der Waals surface area contributed by atoms with E-state index in [-0.39, 0.29) is 5.75 Å². The van der Waals surface area contributed by atoms with Gasteiger partial charge in [-0.05, 0) is 23.3 Å². The molecule has 3 aromatic carbocycles. The average Bonchev–Trinajstić information content (AvgIpc) is 2.95. The van der Waals surface area contributed by atoms with E-state index in [0.717, 1.165) is 5.56 Å². The zero-order valence-corrected chi connectivity index (χ0v) is 21.1. The molecule has 0 spiro atoms. The highest BCUT2D eigenvalue weighted by Crippen LogP contribution is 2.16. The highest BCUT2D eigenvalue weighted by molar-refractivity contribution is 7.98. The maximum Gasteiger partial charge on any atom is 0.333 e. The average molecular weight is 521 g/mol. The number of amides is 2. The maximum absolute atomic E-state index is 12.9. The third-order valence-electron chi connectivity index (χ3n) is 5.24. The first-order valence-corrected chi connectivity index (χ1v) is 12.7. The Morgan fingerprint density at radius 1 is 0.784 bits per heavy atom. The van der Waals surface area contributed by atoms with Crippen LogP contribution in [0.25, 0.3) is 0 Å². The van der Waals surface area contributed by atoms with Crippen LogP contribution in [0.5, 0.6) is 0 Å². The van der Waals surface area contributed by atoms with Crippen molar-refractivity contribution in [2.24, 2.45) is 0 Å². The van der Waals surface area contributed by atoms with Gasteiger partial charge in [-0.3, -0.25) is 9.59 Å². The van der Waals surface area contributed by atoms with Gasteiger partial charge in [-0.2, -0.15) is 11.8 Å². The Bertz CT molecular complexity index is 1180. The number of carbonyl (C=O) groups is 4. The second kappa shape index (κ2) is 14.4. The quantitative estimate of drug-likeness (QED) is 0.353. The van der Waals surface area contributed by atoms with Gasteiger partial charge in [-0.25, -0.2) is 9.59 Å². The van der Waals surface area contributed by atoms with Crippen LogP contribution in [0.2, 0.25) is 0 Å². The summed E-state index contributed by atoms with van der Waals surface area (Å²) >= 11 is 1.46. The normalized spacial score (nSPS) is 12.0. The van der Waals surface area contributed by atoms with Crippen LogP contribution in [-0.2, 0) is 29.6 Å². The minimum atomic E-state index is -1.13. The van der Waals surface area contributed by atoms with Crippen molar-refractivity contribution in [3.63, 3.8) is 0 Å². The molecule has 37 heavy (non-hydrogen) atoms. The molecule has 0 heterocycles. The Kier molecular flexibility index (Phi) is 10.7. The second-order valence-electron chi connectivity index (χ2n) is 7.93. The third kappa shape index (κ3) is 8.80. The summed E-state index contributed by atoms with van der Waals surface area (Å²) in [5, 5.41) is 5.22. The van der Waals surface area contributed by atoms with Crippen LogP contribution in [0.3, 0.4) is 0 Å². The Hall–Kier alpha value is -4.11. The molecule has 0 aliphatic heterocycles. The first-order chi connectivity index (χ1) is 18.0. The molecule has 2 amide bonds. The van der Waals surface area contributed by atoms with Gasteiger partial charge in [-0.1, -0.05) is 78.9 Å². The number of nitrogens with one attached hydrogen (secondary N) is 2. The van der Waals surface area contributed by atoms with Crippen LogP contribution >= 0.6 is 11.8 Å². The molecule has 0 unspecified atom stereocenters. The monoisotopic (exact) mass is 520 g/mol. The molecule has 0 fully saturated rings. The van der Waals surface area contributed by atoms with E-state index in [2.05, 4.69) is 10.6 Å². The van der Waals surface area contributed by atoms with Crippen molar-refractivity contribution < 1.29 is 28.7 Å². The largest absolute Gasteiger partial charge is 0.467 e. The zero-order valence-electron chi connectivity index (χ0n) is 20.3. The molecule has 9 heteroatoms. The lowest BCUT2D eigenvalue weighted by Gasteiger charge is -2.19. The summed E-state index contributed by atoms with van der Waals surface area (Å²) in [7, 11) is 1.24. The summed E-state index contributed by atoms with van der Waals surface area (Å²) in [4.78, 5) is 50.3. The Morgan fingerprint density at radius 3 is 2.00 bits per heavy atom. The summed E-state index contributed by atoms with van der Waals surface area (Å²) in [5.41, 5.74) is 1.96. The van der Waals surface area contributed by atoms with Gasteiger partial charge in [-0.15, -0.1) is 0 Å². The van der Waals surface area contributed by atoms with Crippen molar-refractivity contribution in [1.29, 1.82) is 0 Å². The molecule has 3 aromatic rings. The van der Waals surface area contributed by atoms with Crippen LogP contribution < -0.4 is 10.6 Å². The predicted molar refractivity (Wildman–Crippen MR) is 141 cm³/mol. The van der Waals surface area contributed by atoms with Crippen molar-refractivity contribution >= 4 is 35.5 Å². The molecule has 0 aliphatic carbocycles. The van der Waals surface area contributed by atoms with Gasteiger partial charge in [0.1, 0.15) is 6.04 Å². The number of rotatable bonds is 12. The Labute approximate surface area is 219 Å². The van der Waals surface area contributed by atoms with Crippen molar-refractivity contribution in [1.82, 2.24) is 10.6 Å². The Morgan fingerprint density at radius 2 is 1.38 bits per heavy atom. The molecular formula is C28H28N2O6S. The number of ether oxygens (including phenoxy) is 2. The highest BCUT2D eigenvalue weighted by atomic mass is 32.2. The van der Waals surface area contributed by atoms with Crippen molar-refractivity contribution in [2.45, 2.75) is 17.8 Å². The van der Waals surface area contributed by atoms with E-state index < -0.39 is 42.4 Å². The standard InChI is InChI=1S/C28H28N2O6S/c1-35-27(33)23(19-37-18-20-11-5-2-6-12-20)29-24(31)17-36-28(34)25(21-13-7-3-8-14-21)30-26(32)22-15-9-4-10-16-22/h2-16,23,25H,17-19H2,1H3,(H,29,31)(H,30,32)/t23-,25+/m1/s1. The first kappa shape index (κ1) is 27.5. The molecule has 0 saturated heterocycles. The van der Waals surface area contributed by atoms with Gasteiger partial charge >= 0.3 is 11.9 Å². The van der Waals surface area contributed by atoms with Gasteiger partial charge in [0.2, 0.25) is 0 Å². The lowest BCUT2D eigenvalue weighted by atomic mass is 10.1. The highest BCUT2D eigenvalue weighted by Gasteiger charge is 2.27. The molecule has 192 valence electrons. The summed E-state index contributed by atoms with van der Waals surface area (Å²) in [6.07, 6.45) is 0. The lowest BCUT2D eigenvalue weighted by molar-refractivity contribution is -0.151. The predicted octanol–water partition coefficient (Wildman–Crippen LogP) is 3.29. The van der Waals surface area contributed by atoms with E-state index in [4.69, 9.17) is 9.47 Å². The molecule has 0 aromatic heterocycles. The molecule has 2 N–H and O–H groups in total. The molecule has 3 rings (SSSR count). The molecule has 0 bridgehead atoms. The number of methoxy groups -OCH3 is 1. The summed E-state index contributed by atoms with van der Waals surface area (Å²) in [6.45, 7) is -0.625. The minimum absolute atomic E-state index is 0.279. The number of benzene rings is 3. The van der Waals surface area contributed by atoms with E-state index in [0.29, 0.717) is 16.9 Å².